The van der Waals surface area contributed by atoms with Crippen molar-refractivity contribution in [1.82, 2.24) is 4.90 Å². The van der Waals surface area contributed by atoms with Gasteiger partial charge in [-0.2, -0.15) is 0 Å². The van der Waals surface area contributed by atoms with Gasteiger partial charge in [0.25, 0.3) is 5.91 Å². The van der Waals surface area contributed by atoms with Crippen LogP contribution in [0.1, 0.15) is 27.1 Å². The van der Waals surface area contributed by atoms with Gasteiger partial charge in [0.1, 0.15) is 11.9 Å². The number of hydrogen-bond acceptors (Lipinski definition) is 3. The summed E-state index contributed by atoms with van der Waals surface area (Å²) in [5, 5.41) is 0. The molecule has 0 spiro atoms. The van der Waals surface area contributed by atoms with E-state index in [-0.39, 0.29) is 12.0 Å². The molecule has 1 fully saturated rings. The fourth-order valence-electron chi connectivity index (χ4n) is 2.69. The Bertz CT molecular complexity index is 715. The Hall–Kier alpha value is -2.82. The summed E-state index contributed by atoms with van der Waals surface area (Å²) in [4.78, 5) is 25.5. The molecule has 23 heavy (non-hydrogen) atoms. The molecule has 2 amide bonds. The lowest BCUT2D eigenvalue weighted by Gasteiger charge is -2.17. The first-order chi connectivity index (χ1) is 11.1. The van der Waals surface area contributed by atoms with Crippen molar-refractivity contribution in [2.75, 3.05) is 13.1 Å². The highest BCUT2D eigenvalue weighted by molar-refractivity contribution is 5.99. The fourth-order valence-corrected chi connectivity index (χ4v) is 2.69. The number of nitrogens with zero attached hydrogens (tertiary/aromatic N) is 1. The van der Waals surface area contributed by atoms with Crippen LogP contribution in [0.4, 0.5) is 0 Å². The van der Waals surface area contributed by atoms with Crippen molar-refractivity contribution in [2.45, 2.75) is 12.5 Å². The van der Waals surface area contributed by atoms with E-state index < -0.39 is 5.91 Å². The Kier molecular flexibility index (Phi) is 4.28. The van der Waals surface area contributed by atoms with E-state index in [0.29, 0.717) is 24.2 Å². The van der Waals surface area contributed by atoms with E-state index in [1.165, 1.54) is 6.07 Å². The van der Waals surface area contributed by atoms with E-state index in [4.69, 9.17) is 10.5 Å². The predicted molar refractivity (Wildman–Crippen MR) is 86.3 cm³/mol. The first-order valence-electron chi connectivity index (χ1n) is 7.54. The summed E-state index contributed by atoms with van der Waals surface area (Å²) < 4.78 is 5.89. The third-order valence-electron chi connectivity index (χ3n) is 3.87. The monoisotopic (exact) mass is 310 g/mol. The molecule has 1 aliphatic heterocycles. The number of benzene rings is 2. The topological polar surface area (TPSA) is 72.6 Å². The number of carbonyl (C=O) groups excluding carboxylic acids is 2. The number of hydrogen-bond donors (Lipinski definition) is 1. The van der Waals surface area contributed by atoms with Gasteiger partial charge in [-0.25, -0.2) is 0 Å². The van der Waals surface area contributed by atoms with Gasteiger partial charge >= 0.3 is 0 Å². The van der Waals surface area contributed by atoms with Crippen LogP contribution in [0.3, 0.4) is 0 Å². The molecule has 1 unspecified atom stereocenters. The quantitative estimate of drug-likeness (QED) is 0.939. The molecule has 0 aliphatic carbocycles. The van der Waals surface area contributed by atoms with Gasteiger partial charge in [-0.3, -0.25) is 9.59 Å². The maximum Gasteiger partial charge on any atom is 0.254 e. The molecule has 2 aromatic carbocycles. The molecule has 1 atom stereocenters. The highest BCUT2D eigenvalue weighted by Crippen LogP contribution is 2.20. The number of likely N-dealkylation sites (tertiary alicyclic amines) is 1. The van der Waals surface area contributed by atoms with Gasteiger partial charge in [-0.15, -0.1) is 0 Å². The van der Waals surface area contributed by atoms with E-state index in [2.05, 4.69) is 0 Å². The van der Waals surface area contributed by atoms with E-state index in [1.807, 2.05) is 30.3 Å². The predicted octanol–water partition coefficient (Wildman–Crippen LogP) is 2.08. The van der Waals surface area contributed by atoms with Gasteiger partial charge in [-0.1, -0.05) is 24.3 Å². The molecule has 5 heteroatoms. The van der Waals surface area contributed by atoms with Crippen LogP contribution in [0.5, 0.6) is 5.75 Å². The van der Waals surface area contributed by atoms with Crippen LogP contribution in [0, 0.1) is 0 Å². The normalized spacial score (nSPS) is 17.0. The van der Waals surface area contributed by atoms with Crippen molar-refractivity contribution in [3.63, 3.8) is 0 Å². The minimum Gasteiger partial charge on any atom is -0.489 e. The van der Waals surface area contributed by atoms with Crippen molar-refractivity contribution in [1.29, 1.82) is 0 Å². The molecule has 0 aromatic heterocycles. The van der Waals surface area contributed by atoms with Crippen molar-refractivity contribution >= 4 is 11.8 Å². The van der Waals surface area contributed by atoms with Crippen molar-refractivity contribution in [2.24, 2.45) is 5.73 Å². The number of ether oxygens (including phenoxy) is 1. The second kappa shape index (κ2) is 6.52. The molecule has 0 radical (unpaired) electrons. The zero-order valence-corrected chi connectivity index (χ0v) is 12.6. The molecule has 1 heterocycles. The van der Waals surface area contributed by atoms with E-state index in [9.17, 15) is 9.59 Å². The SMILES string of the molecule is NC(=O)c1cccc(C(=O)N2CCC(Oc3ccccc3)C2)c1. The van der Waals surface area contributed by atoms with Gasteiger partial charge in [0.05, 0.1) is 6.54 Å². The average Bonchev–Trinajstić information content (AvgIpc) is 3.03. The Labute approximate surface area is 134 Å². The number of rotatable bonds is 4. The molecular weight excluding hydrogens is 292 g/mol. The summed E-state index contributed by atoms with van der Waals surface area (Å²) >= 11 is 0. The summed E-state index contributed by atoms with van der Waals surface area (Å²) in [5.74, 6) is 0.168. The molecule has 3 rings (SSSR count). The van der Waals surface area contributed by atoms with Crippen molar-refractivity contribution in [3.8, 4) is 5.75 Å². The molecule has 2 N–H and O–H groups in total. The largest absolute Gasteiger partial charge is 0.489 e. The summed E-state index contributed by atoms with van der Waals surface area (Å²) in [6.45, 7) is 1.17. The number of para-hydroxylation sites is 1. The standard InChI is InChI=1S/C18H18N2O3/c19-17(21)13-5-4-6-14(11-13)18(22)20-10-9-16(12-20)23-15-7-2-1-3-8-15/h1-8,11,16H,9-10,12H2,(H2,19,21). The molecule has 0 bridgehead atoms. The number of amides is 2. The second-order valence-electron chi connectivity index (χ2n) is 5.54. The minimum atomic E-state index is -0.536. The third-order valence-corrected chi connectivity index (χ3v) is 3.87. The smallest absolute Gasteiger partial charge is 0.254 e. The molecule has 5 nitrogen and oxygen atoms in total. The van der Waals surface area contributed by atoms with Crippen molar-refractivity contribution < 1.29 is 14.3 Å². The molecule has 118 valence electrons. The van der Waals surface area contributed by atoms with E-state index in [1.54, 1.807) is 23.1 Å². The zero-order valence-electron chi connectivity index (χ0n) is 12.6. The molecule has 1 aliphatic rings. The highest BCUT2D eigenvalue weighted by atomic mass is 16.5. The minimum absolute atomic E-state index is 0.0133. The summed E-state index contributed by atoms with van der Waals surface area (Å²) in [6, 6.07) is 16.1. The first-order valence-corrected chi connectivity index (χ1v) is 7.54. The Morgan fingerprint density at radius 2 is 1.78 bits per heavy atom. The van der Waals surface area contributed by atoms with Crippen LogP contribution in [0.25, 0.3) is 0 Å². The van der Waals surface area contributed by atoms with Crippen LogP contribution < -0.4 is 10.5 Å². The summed E-state index contributed by atoms with van der Waals surface area (Å²) in [6.07, 6.45) is 0.775. The fraction of sp³-hybridized carbons (Fsp3) is 0.222. The summed E-state index contributed by atoms with van der Waals surface area (Å²) in [5.41, 5.74) is 6.07. The van der Waals surface area contributed by atoms with E-state index in [0.717, 1.165) is 12.2 Å². The average molecular weight is 310 g/mol. The zero-order chi connectivity index (χ0) is 16.2. The van der Waals surface area contributed by atoms with Gasteiger partial charge in [0.15, 0.2) is 0 Å². The Morgan fingerprint density at radius 1 is 1.04 bits per heavy atom. The lowest BCUT2D eigenvalue weighted by atomic mass is 10.1. The molecule has 2 aromatic rings. The van der Waals surface area contributed by atoms with Crippen LogP contribution in [-0.2, 0) is 0 Å². The number of carbonyl (C=O) groups is 2. The van der Waals surface area contributed by atoms with Gasteiger partial charge in [0.2, 0.25) is 5.91 Å². The Balaban J connectivity index is 1.65. The van der Waals surface area contributed by atoms with Crippen LogP contribution in [0.15, 0.2) is 54.6 Å². The van der Waals surface area contributed by atoms with Gasteiger partial charge in [-0.05, 0) is 30.3 Å². The van der Waals surface area contributed by atoms with E-state index >= 15 is 0 Å². The lowest BCUT2D eigenvalue weighted by molar-refractivity contribution is 0.0772. The lowest BCUT2D eigenvalue weighted by Crippen LogP contribution is -2.31. The molecular formula is C18H18N2O3. The third kappa shape index (κ3) is 3.51. The second-order valence-corrected chi connectivity index (χ2v) is 5.54. The van der Waals surface area contributed by atoms with Crippen LogP contribution in [0.2, 0.25) is 0 Å². The van der Waals surface area contributed by atoms with Crippen molar-refractivity contribution in [3.05, 3.63) is 65.7 Å². The number of primary amides is 1. The first kappa shape index (κ1) is 15.1. The maximum absolute atomic E-state index is 12.5. The number of nitrogens with two attached hydrogens (primary N) is 1. The van der Waals surface area contributed by atoms with Crippen LogP contribution >= 0.6 is 0 Å². The van der Waals surface area contributed by atoms with Gasteiger partial charge < -0.3 is 15.4 Å². The molecule has 1 saturated heterocycles. The maximum atomic E-state index is 12.5. The van der Waals surface area contributed by atoms with Gasteiger partial charge in [0, 0.05) is 24.1 Å². The highest BCUT2D eigenvalue weighted by Gasteiger charge is 2.28. The summed E-state index contributed by atoms with van der Waals surface area (Å²) in [7, 11) is 0. The van der Waals surface area contributed by atoms with Crippen LogP contribution in [-0.4, -0.2) is 35.9 Å². The molecule has 0 saturated carbocycles. The Morgan fingerprint density at radius 3 is 2.52 bits per heavy atom.